The molecule has 1 aliphatic heterocycles. The molecule has 4 rings (SSSR count). The fourth-order valence-electron chi connectivity index (χ4n) is 3.57. The van der Waals surface area contributed by atoms with Crippen molar-refractivity contribution in [2.45, 2.75) is 25.4 Å². The molecule has 0 bridgehead atoms. The van der Waals surface area contributed by atoms with Gasteiger partial charge < -0.3 is 25.8 Å². The third-order valence-electron chi connectivity index (χ3n) is 5.13. The highest BCUT2D eigenvalue weighted by Gasteiger charge is 2.24. The van der Waals surface area contributed by atoms with Crippen LogP contribution in [0, 0.1) is 0 Å². The van der Waals surface area contributed by atoms with E-state index in [1.165, 1.54) is 6.33 Å². The third-order valence-corrected chi connectivity index (χ3v) is 5.13. The molecular weight excluding hydrogens is 358 g/mol. The van der Waals surface area contributed by atoms with E-state index >= 15 is 0 Å². The first kappa shape index (κ1) is 18.3. The summed E-state index contributed by atoms with van der Waals surface area (Å²) >= 11 is 0. The van der Waals surface area contributed by atoms with Gasteiger partial charge in [0.2, 0.25) is 0 Å². The molecule has 2 aromatic heterocycles. The second kappa shape index (κ2) is 7.51. The maximum atomic E-state index is 6.17. The fraction of sp³-hybridized carbons (Fsp3) is 0.421. The number of nitrogens with zero attached hydrogens (tertiary/aromatic N) is 4. The second-order valence-electron chi connectivity index (χ2n) is 6.91. The van der Waals surface area contributed by atoms with Crippen LogP contribution in [-0.2, 0) is 0 Å². The number of anilines is 2. The van der Waals surface area contributed by atoms with Crippen LogP contribution >= 0.6 is 0 Å². The summed E-state index contributed by atoms with van der Waals surface area (Å²) in [5, 5.41) is 12.4. The number of ether oxygens (including phenoxy) is 2. The molecule has 1 fully saturated rings. The summed E-state index contributed by atoms with van der Waals surface area (Å²) in [5.74, 6) is 2.56. The Morgan fingerprint density at radius 1 is 1.21 bits per heavy atom. The van der Waals surface area contributed by atoms with E-state index in [9.17, 15) is 0 Å². The molecule has 0 amide bonds. The normalized spacial score (nSPS) is 17.6. The number of benzene rings is 1. The van der Waals surface area contributed by atoms with Crippen molar-refractivity contribution in [3.63, 3.8) is 0 Å². The van der Waals surface area contributed by atoms with Gasteiger partial charge >= 0.3 is 0 Å². The minimum Gasteiger partial charge on any atom is -0.497 e. The molecular formula is C19H25N7O2. The van der Waals surface area contributed by atoms with Gasteiger partial charge in [0.25, 0.3) is 0 Å². The van der Waals surface area contributed by atoms with E-state index in [-0.39, 0.29) is 12.1 Å². The maximum absolute atomic E-state index is 6.17. The van der Waals surface area contributed by atoms with Gasteiger partial charge in [-0.05, 0) is 37.6 Å². The smallest absolute Gasteiger partial charge is 0.165 e. The van der Waals surface area contributed by atoms with Crippen LogP contribution in [0.3, 0.4) is 0 Å². The molecule has 1 unspecified atom stereocenters. The Hall–Kier alpha value is -3.07. The van der Waals surface area contributed by atoms with Crippen LogP contribution in [0.25, 0.3) is 11.0 Å². The van der Waals surface area contributed by atoms with Crippen molar-refractivity contribution in [2.75, 3.05) is 38.4 Å². The summed E-state index contributed by atoms with van der Waals surface area (Å²) in [6.45, 7) is 3.88. The van der Waals surface area contributed by atoms with Crippen molar-refractivity contribution in [1.29, 1.82) is 0 Å². The van der Waals surface area contributed by atoms with Crippen LogP contribution in [0.2, 0.25) is 0 Å². The SMILES string of the molecule is COc1cc(OC)cc(C(C)Nc2nn([C@H]3CCNC3)c3ncnc(N)c23)c1. The molecule has 0 radical (unpaired) electrons. The Kier molecular flexibility index (Phi) is 4.91. The van der Waals surface area contributed by atoms with Gasteiger partial charge in [0.05, 0.1) is 26.3 Å². The lowest BCUT2D eigenvalue weighted by atomic mass is 10.1. The van der Waals surface area contributed by atoms with Gasteiger partial charge in [0.1, 0.15) is 29.0 Å². The summed E-state index contributed by atoms with van der Waals surface area (Å²) in [5.41, 5.74) is 7.93. The van der Waals surface area contributed by atoms with Gasteiger partial charge in [-0.25, -0.2) is 14.6 Å². The topological polar surface area (TPSA) is 112 Å². The van der Waals surface area contributed by atoms with E-state index in [1.54, 1.807) is 14.2 Å². The van der Waals surface area contributed by atoms with Crippen LogP contribution in [0.4, 0.5) is 11.6 Å². The molecule has 0 saturated carbocycles. The number of fused-ring (bicyclic) bond motifs is 1. The van der Waals surface area contributed by atoms with Gasteiger partial charge in [-0.1, -0.05) is 0 Å². The Labute approximate surface area is 163 Å². The lowest BCUT2D eigenvalue weighted by Gasteiger charge is -2.16. The van der Waals surface area contributed by atoms with E-state index < -0.39 is 0 Å². The number of nitrogens with two attached hydrogens (primary N) is 1. The van der Waals surface area contributed by atoms with Gasteiger partial charge in [0.15, 0.2) is 11.5 Å². The van der Waals surface area contributed by atoms with Gasteiger partial charge in [-0.15, -0.1) is 0 Å². The fourth-order valence-corrected chi connectivity index (χ4v) is 3.57. The second-order valence-corrected chi connectivity index (χ2v) is 6.91. The highest BCUT2D eigenvalue weighted by Crippen LogP contribution is 2.33. The van der Waals surface area contributed by atoms with Crippen molar-refractivity contribution in [1.82, 2.24) is 25.1 Å². The highest BCUT2D eigenvalue weighted by atomic mass is 16.5. The molecule has 9 heteroatoms. The number of aromatic nitrogens is 4. The van der Waals surface area contributed by atoms with Crippen LogP contribution in [0.5, 0.6) is 11.5 Å². The van der Waals surface area contributed by atoms with Crippen LogP contribution in [0.15, 0.2) is 24.5 Å². The molecule has 28 heavy (non-hydrogen) atoms. The predicted octanol–water partition coefficient (Wildman–Crippen LogP) is 2.13. The molecule has 0 spiro atoms. The van der Waals surface area contributed by atoms with Crippen LogP contribution < -0.4 is 25.8 Å². The van der Waals surface area contributed by atoms with Crippen molar-refractivity contribution in [2.24, 2.45) is 0 Å². The lowest BCUT2D eigenvalue weighted by molar-refractivity contribution is 0.393. The maximum Gasteiger partial charge on any atom is 0.165 e. The van der Waals surface area contributed by atoms with Crippen LogP contribution in [-0.4, -0.2) is 47.1 Å². The number of rotatable bonds is 6. The molecule has 0 aliphatic carbocycles. The minimum absolute atomic E-state index is 0.0585. The van der Waals surface area contributed by atoms with E-state index in [1.807, 2.05) is 22.9 Å². The zero-order chi connectivity index (χ0) is 19.7. The van der Waals surface area contributed by atoms with Gasteiger partial charge in [-0.3, -0.25) is 0 Å². The van der Waals surface area contributed by atoms with E-state index in [0.29, 0.717) is 11.6 Å². The summed E-state index contributed by atoms with van der Waals surface area (Å²) in [4.78, 5) is 8.60. The molecule has 2 atom stereocenters. The first-order chi connectivity index (χ1) is 13.6. The van der Waals surface area contributed by atoms with E-state index in [2.05, 4.69) is 27.5 Å². The Bertz CT molecular complexity index is 960. The Morgan fingerprint density at radius 3 is 2.61 bits per heavy atom. The largest absolute Gasteiger partial charge is 0.497 e. The van der Waals surface area contributed by atoms with Gasteiger partial charge in [0, 0.05) is 12.6 Å². The quantitative estimate of drug-likeness (QED) is 0.593. The number of hydrogen-bond donors (Lipinski definition) is 3. The molecule has 3 heterocycles. The molecule has 1 aliphatic rings. The Morgan fingerprint density at radius 2 is 1.96 bits per heavy atom. The standard InChI is InChI=1S/C19H25N7O2/c1-11(12-6-14(27-2)8-15(7-12)28-3)24-18-16-17(20)22-10-23-19(16)26(25-18)13-4-5-21-9-13/h6-8,10-11,13,21H,4-5,9H2,1-3H3,(H,24,25)(H2,20,22,23)/t11?,13-/m0/s1. The number of nitrogen functional groups attached to an aromatic ring is 1. The zero-order valence-corrected chi connectivity index (χ0v) is 16.3. The number of methoxy groups -OCH3 is 2. The van der Waals surface area contributed by atoms with E-state index in [0.717, 1.165) is 47.6 Å². The summed E-state index contributed by atoms with van der Waals surface area (Å²) in [6.07, 6.45) is 2.49. The Balaban J connectivity index is 1.71. The van der Waals surface area contributed by atoms with Crippen LogP contribution in [0.1, 0.15) is 31.0 Å². The minimum atomic E-state index is -0.0585. The average Bonchev–Trinajstić information content (AvgIpc) is 3.36. The molecule has 1 aromatic carbocycles. The van der Waals surface area contributed by atoms with Crippen molar-refractivity contribution in [3.8, 4) is 11.5 Å². The number of nitrogens with one attached hydrogen (secondary N) is 2. The predicted molar refractivity (Wildman–Crippen MR) is 108 cm³/mol. The summed E-state index contributed by atoms with van der Waals surface area (Å²) in [7, 11) is 3.28. The first-order valence-corrected chi connectivity index (χ1v) is 9.29. The summed E-state index contributed by atoms with van der Waals surface area (Å²) in [6, 6.07) is 5.98. The monoisotopic (exact) mass is 383 g/mol. The lowest BCUT2D eigenvalue weighted by Crippen LogP contribution is -2.15. The van der Waals surface area contributed by atoms with Crippen molar-refractivity contribution >= 4 is 22.7 Å². The highest BCUT2D eigenvalue weighted by molar-refractivity contribution is 5.96. The van der Waals surface area contributed by atoms with E-state index in [4.69, 9.17) is 20.3 Å². The number of hydrogen-bond acceptors (Lipinski definition) is 8. The zero-order valence-electron chi connectivity index (χ0n) is 16.3. The van der Waals surface area contributed by atoms with Crippen molar-refractivity contribution in [3.05, 3.63) is 30.1 Å². The van der Waals surface area contributed by atoms with Gasteiger partial charge in [-0.2, -0.15) is 5.10 Å². The molecule has 148 valence electrons. The third kappa shape index (κ3) is 3.29. The van der Waals surface area contributed by atoms with Crippen molar-refractivity contribution < 1.29 is 9.47 Å². The molecule has 9 nitrogen and oxygen atoms in total. The summed E-state index contributed by atoms with van der Waals surface area (Å²) < 4.78 is 12.7. The molecule has 4 N–H and O–H groups in total. The first-order valence-electron chi connectivity index (χ1n) is 9.29. The molecule has 1 saturated heterocycles. The molecule has 3 aromatic rings. The average molecular weight is 383 g/mol.